The number of hydrogen-bond acceptors (Lipinski definition) is 9. The van der Waals surface area contributed by atoms with Crippen molar-refractivity contribution in [2.75, 3.05) is 51.4 Å². The van der Waals surface area contributed by atoms with Crippen LogP contribution in [0, 0.1) is 0 Å². The van der Waals surface area contributed by atoms with Gasteiger partial charge in [-0.15, -0.1) is 12.4 Å². The van der Waals surface area contributed by atoms with Gasteiger partial charge in [-0.3, -0.25) is 19.6 Å². The van der Waals surface area contributed by atoms with Crippen molar-refractivity contribution >= 4 is 41.2 Å². The minimum Gasteiger partial charge on any atom is -0.486 e. The number of aromatic nitrogens is 2. The highest BCUT2D eigenvalue weighted by Gasteiger charge is 2.34. The Morgan fingerprint density at radius 3 is 2.79 bits per heavy atom. The zero-order chi connectivity index (χ0) is 25.8. The fraction of sp³-hybridized carbons (Fsp3) is 0.385. The minimum absolute atomic E-state index is 0. The maximum Gasteiger partial charge on any atom is 0.414 e. The van der Waals surface area contributed by atoms with Crippen molar-refractivity contribution in [3.05, 3.63) is 48.2 Å². The molecule has 1 saturated heterocycles. The van der Waals surface area contributed by atoms with E-state index in [0.717, 1.165) is 16.6 Å². The molecule has 1 aromatic carbocycles. The molecule has 2 aromatic heterocycles. The molecule has 0 radical (unpaired) electrons. The number of carboxylic acids is 1. The summed E-state index contributed by atoms with van der Waals surface area (Å²) in [5.74, 6) is 0.805. The molecule has 1 unspecified atom stereocenters. The summed E-state index contributed by atoms with van der Waals surface area (Å²) in [6.07, 6.45) is 2.18. The summed E-state index contributed by atoms with van der Waals surface area (Å²) in [4.78, 5) is 36.3. The molecule has 202 valence electrons. The molecule has 5 rings (SSSR count). The zero-order valence-corrected chi connectivity index (χ0v) is 21.7. The van der Waals surface area contributed by atoms with Crippen molar-refractivity contribution in [2.24, 2.45) is 0 Å². The number of nitrogens with zero attached hydrogens (tertiary/aromatic N) is 4. The van der Waals surface area contributed by atoms with E-state index in [-0.39, 0.29) is 19.0 Å². The first-order valence-electron chi connectivity index (χ1n) is 12.1. The van der Waals surface area contributed by atoms with Crippen molar-refractivity contribution in [3.63, 3.8) is 0 Å². The molecule has 2 aliphatic rings. The van der Waals surface area contributed by atoms with E-state index in [1.807, 2.05) is 12.1 Å². The molecule has 12 heteroatoms. The summed E-state index contributed by atoms with van der Waals surface area (Å²) in [7, 11) is 1.57. The molecule has 0 spiro atoms. The number of anilines is 1. The first kappa shape index (κ1) is 27.2. The lowest BCUT2D eigenvalue weighted by Gasteiger charge is -2.23. The topological polar surface area (TPSA) is 124 Å². The van der Waals surface area contributed by atoms with Crippen molar-refractivity contribution in [2.45, 2.75) is 18.9 Å². The minimum atomic E-state index is -0.936. The number of carboxylic acid groups (broad SMARTS) is 1. The van der Waals surface area contributed by atoms with Gasteiger partial charge in [0.25, 0.3) is 0 Å². The van der Waals surface area contributed by atoms with Gasteiger partial charge in [-0.1, -0.05) is 0 Å². The predicted molar refractivity (Wildman–Crippen MR) is 141 cm³/mol. The Labute approximate surface area is 225 Å². The van der Waals surface area contributed by atoms with E-state index in [1.54, 1.807) is 42.5 Å². The second kappa shape index (κ2) is 12.1. The highest BCUT2D eigenvalue weighted by molar-refractivity contribution is 5.90. The van der Waals surface area contributed by atoms with Gasteiger partial charge in [-0.2, -0.15) is 0 Å². The molecule has 1 amide bonds. The average molecular weight is 545 g/mol. The molecular formula is C26H29ClN4O7. The number of carbonyl (C=O) groups excluding carboxylic acids is 1. The van der Waals surface area contributed by atoms with Crippen molar-refractivity contribution in [1.29, 1.82) is 0 Å². The molecule has 4 heterocycles. The Balaban J connectivity index is 0.00000336. The van der Waals surface area contributed by atoms with Crippen LogP contribution in [0.3, 0.4) is 0 Å². The number of carbonyl (C=O) groups is 2. The molecule has 38 heavy (non-hydrogen) atoms. The van der Waals surface area contributed by atoms with Crippen molar-refractivity contribution in [1.82, 2.24) is 14.9 Å². The van der Waals surface area contributed by atoms with Gasteiger partial charge < -0.3 is 24.1 Å². The van der Waals surface area contributed by atoms with Gasteiger partial charge >= 0.3 is 12.1 Å². The Bertz CT molecular complexity index is 1310. The van der Waals surface area contributed by atoms with Crippen LogP contribution in [0.25, 0.3) is 11.0 Å². The number of halogens is 1. The van der Waals surface area contributed by atoms with Crippen molar-refractivity contribution < 1.29 is 33.6 Å². The van der Waals surface area contributed by atoms with Crippen LogP contribution in [-0.4, -0.2) is 84.6 Å². The van der Waals surface area contributed by atoms with Crippen LogP contribution in [0.5, 0.6) is 17.4 Å². The fourth-order valence-corrected chi connectivity index (χ4v) is 4.61. The zero-order valence-electron chi connectivity index (χ0n) is 20.9. The standard InChI is InChI=1S/C26H28N4O7.ClH/c1-34-23-7-5-20-25(28-23)17(8-9-27-20)3-2-10-29(16-24(31)32)14-19-15-30(26(33)37-19)18-4-6-21-22(13-18)36-12-11-35-21;/h4-9,13,19H,2-3,10-12,14-16H2,1H3,(H,31,32);1H. The van der Waals surface area contributed by atoms with Gasteiger partial charge in [0.1, 0.15) is 19.3 Å². The molecule has 1 N–H and O–H groups in total. The maximum atomic E-state index is 12.6. The third-order valence-corrected chi connectivity index (χ3v) is 6.30. The summed E-state index contributed by atoms with van der Waals surface area (Å²) < 4.78 is 22.0. The van der Waals surface area contributed by atoms with Crippen LogP contribution in [0.15, 0.2) is 42.6 Å². The smallest absolute Gasteiger partial charge is 0.414 e. The lowest BCUT2D eigenvalue weighted by Crippen LogP contribution is -2.38. The molecule has 0 aliphatic carbocycles. The van der Waals surface area contributed by atoms with E-state index < -0.39 is 18.2 Å². The van der Waals surface area contributed by atoms with E-state index in [2.05, 4.69) is 9.97 Å². The monoisotopic (exact) mass is 544 g/mol. The quantitative estimate of drug-likeness (QED) is 0.407. The normalized spacial score (nSPS) is 16.3. The van der Waals surface area contributed by atoms with Gasteiger partial charge in [-0.25, -0.2) is 9.78 Å². The van der Waals surface area contributed by atoms with E-state index in [4.69, 9.17) is 18.9 Å². The van der Waals surface area contributed by atoms with Crippen LogP contribution in [0.1, 0.15) is 12.0 Å². The number of fused-ring (bicyclic) bond motifs is 2. The van der Waals surface area contributed by atoms with Crippen LogP contribution in [-0.2, 0) is 16.0 Å². The van der Waals surface area contributed by atoms with E-state index in [0.29, 0.717) is 68.8 Å². The Morgan fingerprint density at radius 1 is 1.18 bits per heavy atom. The second-order valence-corrected chi connectivity index (χ2v) is 8.87. The molecule has 0 bridgehead atoms. The number of aryl methyl sites for hydroxylation is 1. The van der Waals surface area contributed by atoms with Gasteiger partial charge in [-0.05, 0) is 49.2 Å². The molecule has 3 aromatic rings. The molecule has 11 nitrogen and oxygen atoms in total. The van der Waals surface area contributed by atoms with Crippen LogP contribution in [0.2, 0.25) is 0 Å². The summed E-state index contributed by atoms with van der Waals surface area (Å²) in [6, 6.07) is 10.9. The van der Waals surface area contributed by atoms with E-state index >= 15 is 0 Å². The number of methoxy groups -OCH3 is 1. The second-order valence-electron chi connectivity index (χ2n) is 8.87. The molecule has 1 atom stereocenters. The summed E-state index contributed by atoms with van der Waals surface area (Å²) >= 11 is 0. The number of pyridine rings is 2. The lowest BCUT2D eigenvalue weighted by molar-refractivity contribution is -0.138. The molecule has 2 aliphatic heterocycles. The number of rotatable bonds is 10. The number of hydrogen-bond donors (Lipinski definition) is 1. The van der Waals surface area contributed by atoms with E-state index in [9.17, 15) is 14.7 Å². The average Bonchev–Trinajstić information content (AvgIpc) is 3.27. The van der Waals surface area contributed by atoms with Crippen LogP contribution < -0.4 is 19.1 Å². The van der Waals surface area contributed by atoms with Gasteiger partial charge in [0, 0.05) is 24.9 Å². The van der Waals surface area contributed by atoms with Crippen LogP contribution >= 0.6 is 12.4 Å². The summed E-state index contributed by atoms with van der Waals surface area (Å²) in [6.45, 7) is 1.92. The Morgan fingerprint density at radius 2 is 2.00 bits per heavy atom. The van der Waals surface area contributed by atoms with Gasteiger partial charge in [0.2, 0.25) is 5.88 Å². The number of cyclic esters (lactones) is 1. The largest absolute Gasteiger partial charge is 0.486 e. The molecular weight excluding hydrogens is 516 g/mol. The third kappa shape index (κ3) is 6.17. The highest BCUT2D eigenvalue weighted by atomic mass is 35.5. The highest BCUT2D eigenvalue weighted by Crippen LogP contribution is 2.35. The third-order valence-electron chi connectivity index (χ3n) is 6.30. The fourth-order valence-electron chi connectivity index (χ4n) is 4.61. The van der Waals surface area contributed by atoms with Crippen LogP contribution in [0.4, 0.5) is 10.5 Å². The molecule has 1 fully saturated rings. The number of benzene rings is 1. The lowest BCUT2D eigenvalue weighted by atomic mass is 10.1. The molecule has 0 saturated carbocycles. The number of aliphatic carboxylic acids is 1. The SMILES string of the molecule is COc1ccc2nccc(CCCN(CC(=O)O)CC3CN(c4ccc5c(c4)OCCO5)C(=O)O3)c2n1.Cl. The Kier molecular flexibility index (Phi) is 8.70. The number of ether oxygens (including phenoxy) is 4. The van der Waals surface area contributed by atoms with Gasteiger partial charge in [0.15, 0.2) is 11.5 Å². The van der Waals surface area contributed by atoms with Crippen molar-refractivity contribution in [3.8, 4) is 17.4 Å². The Hall–Kier alpha value is -3.83. The predicted octanol–water partition coefficient (Wildman–Crippen LogP) is 3.18. The summed E-state index contributed by atoms with van der Waals surface area (Å²) in [5, 5.41) is 9.45. The summed E-state index contributed by atoms with van der Waals surface area (Å²) in [5.41, 5.74) is 3.20. The first-order chi connectivity index (χ1) is 18.0. The first-order valence-corrected chi connectivity index (χ1v) is 12.1. The van der Waals surface area contributed by atoms with E-state index in [1.165, 1.54) is 4.90 Å². The van der Waals surface area contributed by atoms with Gasteiger partial charge in [0.05, 0.1) is 36.9 Å². The number of amides is 1. The maximum absolute atomic E-state index is 12.6.